The number of nitrogens with zero attached hydrogens (tertiary/aromatic N) is 1. The van der Waals surface area contributed by atoms with Crippen LogP contribution in [0.1, 0.15) is 56.8 Å². The molecule has 3 N–H and O–H groups in total. The highest BCUT2D eigenvalue weighted by molar-refractivity contribution is 7.17. The zero-order valence-corrected chi connectivity index (χ0v) is 16.0. The van der Waals surface area contributed by atoms with E-state index in [0.29, 0.717) is 10.6 Å². The van der Waals surface area contributed by atoms with Gasteiger partial charge in [0.05, 0.1) is 10.5 Å². The lowest BCUT2D eigenvalue weighted by Crippen LogP contribution is -2.19. The molecular formula is C18H18ClN3O4S. The molecular weight excluding hydrogens is 390 g/mol. The summed E-state index contributed by atoms with van der Waals surface area (Å²) >= 11 is 7.12. The van der Waals surface area contributed by atoms with Gasteiger partial charge in [0.15, 0.2) is 0 Å². The van der Waals surface area contributed by atoms with Crippen molar-refractivity contribution < 1.29 is 14.5 Å². The van der Waals surface area contributed by atoms with E-state index in [2.05, 4.69) is 5.32 Å². The number of rotatable bonds is 4. The number of halogens is 1. The smallest absolute Gasteiger partial charge is 0.283 e. The number of amides is 2. The predicted molar refractivity (Wildman–Crippen MR) is 105 cm³/mol. The van der Waals surface area contributed by atoms with Gasteiger partial charge in [0.2, 0.25) is 0 Å². The number of anilines is 1. The van der Waals surface area contributed by atoms with Gasteiger partial charge in [-0.3, -0.25) is 19.7 Å². The van der Waals surface area contributed by atoms with E-state index in [1.165, 1.54) is 23.5 Å². The van der Waals surface area contributed by atoms with Gasteiger partial charge in [-0.25, -0.2) is 0 Å². The van der Waals surface area contributed by atoms with E-state index >= 15 is 0 Å². The van der Waals surface area contributed by atoms with Crippen LogP contribution < -0.4 is 11.1 Å². The number of fused-ring (bicyclic) bond motifs is 1. The predicted octanol–water partition coefficient (Wildman–Crippen LogP) is 4.32. The first-order chi connectivity index (χ1) is 12.9. The van der Waals surface area contributed by atoms with Crippen molar-refractivity contribution in [2.75, 3.05) is 5.32 Å². The molecule has 1 aromatic carbocycles. The largest absolute Gasteiger partial charge is 0.365 e. The van der Waals surface area contributed by atoms with Gasteiger partial charge < -0.3 is 11.1 Å². The Kier molecular flexibility index (Phi) is 5.76. The summed E-state index contributed by atoms with van der Waals surface area (Å²) in [5.74, 6) is -1.27. The summed E-state index contributed by atoms with van der Waals surface area (Å²) in [5.41, 5.74) is 6.28. The number of hydrogen-bond donors (Lipinski definition) is 2. The highest BCUT2D eigenvalue weighted by Gasteiger charge is 2.26. The maximum Gasteiger partial charge on any atom is 0.283 e. The van der Waals surface area contributed by atoms with Crippen LogP contribution in [0.25, 0.3) is 0 Å². The van der Waals surface area contributed by atoms with Crippen LogP contribution in [0.3, 0.4) is 0 Å². The van der Waals surface area contributed by atoms with E-state index in [1.807, 2.05) is 0 Å². The summed E-state index contributed by atoms with van der Waals surface area (Å²) in [6.07, 6.45) is 5.76. The minimum Gasteiger partial charge on any atom is -0.365 e. The maximum atomic E-state index is 12.7. The number of primary amides is 1. The Hall–Kier alpha value is -2.45. The van der Waals surface area contributed by atoms with E-state index in [0.717, 1.165) is 55.0 Å². The molecule has 0 unspecified atom stereocenters. The Balaban J connectivity index is 1.98. The number of nitro benzene ring substituents is 1. The minimum absolute atomic E-state index is 0.124. The molecule has 0 radical (unpaired) electrons. The summed E-state index contributed by atoms with van der Waals surface area (Å²) in [4.78, 5) is 36.3. The zero-order chi connectivity index (χ0) is 19.6. The Morgan fingerprint density at radius 1 is 1.19 bits per heavy atom. The van der Waals surface area contributed by atoms with Crippen molar-refractivity contribution in [3.8, 4) is 0 Å². The standard InChI is InChI=1S/C18H18ClN3O4S/c19-10-7-8-11(13(9-10)22(25)26)17(24)21-18-15(16(20)23)12-5-3-1-2-4-6-14(12)27-18/h7-9H,1-6H2,(H2,20,23)(H,21,24). The van der Waals surface area contributed by atoms with Crippen molar-refractivity contribution in [3.63, 3.8) is 0 Å². The fourth-order valence-electron chi connectivity index (χ4n) is 3.29. The molecule has 0 saturated heterocycles. The summed E-state index contributed by atoms with van der Waals surface area (Å²) in [7, 11) is 0. The topological polar surface area (TPSA) is 115 Å². The lowest BCUT2D eigenvalue weighted by Gasteiger charge is -2.10. The second-order valence-corrected chi connectivity index (χ2v) is 7.90. The summed E-state index contributed by atoms with van der Waals surface area (Å²) < 4.78 is 0. The number of carbonyl (C=O) groups is 2. The van der Waals surface area contributed by atoms with Gasteiger partial charge in [-0.1, -0.05) is 24.4 Å². The lowest BCUT2D eigenvalue weighted by molar-refractivity contribution is -0.385. The van der Waals surface area contributed by atoms with Gasteiger partial charge >= 0.3 is 0 Å². The van der Waals surface area contributed by atoms with Crippen molar-refractivity contribution in [2.24, 2.45) is 5.73 Å². The number of hydrogen-bond acceptors (Lipinski definition) is 5. The molecule has 9 heteroatoms. The van der Waals surface area contributed by atoms with Gasteiger partial charge in [0.25, 0.3) is 17.5 Å². The third-order valence-electron chi connectivity index (χ3n) is 4.55. The van der Waals surface area contributed by atoms with Crippen LogP contribution in [0.2, 0.25) is 5.02 Å². The fourth-order valence-corrected chi connectivity index (χ4v) is 4.74. The molecule has 0 bridgehead atoms. The van der Waals surface area contributed by atoms with Crippen LogP contribution in [-0.4, -0.2) is 16.7 Å². The molecule has 1 aromatic heterocycles. The molecule has 142 valence electrons. The van der Waals surface area contributed by atoms with Crippen LogP contribution in [0.15, 0.2) is 18.2 Å². The SMILES string of the molecule is NC(=O)c1c(NC(=O)c2ccc(Cl)cc2[N+](=O)[O-])sc2c1CCCCCC2. The second kappa shape index (κ2) is 8.06. The van der Waals surface area contributed by atoms with Gasteiger partial charge in [-0.15, -0.1) is 11.3 Å². The zero-order valence-electron chi connectivity index (χ0n) is 14.4. The number of nitrogens with one attached hydrogen (secondary N) is 1. The van der Waals surface area contributed by atoms with E-state index in [4.69, 9.17) is 17.3 Å². The van der Waals surface area contributed by atoms with Crippen LogP contribution in [0.4, 0.5) is 10.7 Å². The van der Waals surface area contributed by atoms with Crippen LogP contribution in [-0.2, 0) is 12.8 Å². The van der Waals surface area contributed by atoms with Gasteiger partial charge in [-0.2, -0.15) is 0 Å². The minimum atomic E-state index is -0.671. The molecule has 2 aromatic rings. The van der Waals surface area contributed by atoms with E-state index in [-0.39, 0.29) is 10.6 Å². The average Bonchev–Trinajstić information content (AvgIpc) is 2.91. The molecule has 0 fully saturated rings. The fraction of sp³-hybridized carbons (Fsp3) is 0.333. The molecule has 1 aliphatic carbocycles. The number of benzene rings is 1. The van der Waals surface area contributed by atoms with Crippen LogP contribution in [0.5, 0.6) is 0 Å². The first kappa shape index (κ1) is 19.3. The quantitative estimate of drug-likeness (QED) is 0.579. The number of thiophene rings is 1. The number of carbonyl (C=O) groups excluding carboxylic acids is 2. The molecule has 7 nitrogen and oxygen atoms in total. The molecule has 0 saturated carbocycles. The van der Waals surface area contributed by atoms with Crippen molar-refractivity contribution in [3.05, 3.63) is 54.9 Å². The molecule has 3 rings (SSSR count). The molecule has 0 atom stereocenters. The highest BCUT2D eigenvalue weighted by atomic mass is 35.5. The Morgan fingerprint density at radius 2 is 1.89 bits per heavy atom. The van der Waals surface area contributed by atoms with Crippen molar-refractivity contribution in [1.82, 2.24) is 0 Å². The van der Waals surface area contributed by atoms with Crippen molar-refractivity contribution in [1.29, 1.82) is 0 Å². The molecule has 27 heavy (non-hydrogen) atoms. The second-order valence-electron chi connectivity index (χ2n) is 6.36. The molecule has 0 spiro atoms. The first-order valence-corrected chi connectivity index (χ1v) is 9.77. The Bertz CT molecular complexity index is 926. The number of aryl methyl sites for hydroxylation is 1. The monoisotopic (exact) mass is 407 g/mol. The molecule has 0 aliphatic heterocycles. The highest BCUT2D eigenvalue weighted by Crippen LogP contribution is 2.37. The normalized spacial score (nSPS) is 14.0. The van der Waals surface area contributed by atoms with Crippen molar-refractivity contribution >= 4 is 45.4 Å². The number of nitrogens with two attached hydrogens (primary N) is 1. The summed E-state index contributed by atoms with van der Waals surface area (Å²) in [6, 6.07) is 3.83. The Morgan fingerprint density at radius 3 is 2.56 bits per heavy atom. The molecule has 1 aliphatic rings. The molecule has 2 amide bonds. The van der Waals surface area contributed by atoms with Crippen molar-refractivity contribution in [2.45, 2.75) is 38.5 Å². The summed E-state index contributed by atoms with van der Waals surface area (Å²) in [6.45, 7) is 0. The van der Waals surface area contributed by atoms with Crippen LogP contribution in [0, 0.1) is 10.1 Å². The third-order valence-corrected chi connectivity index (χ3v) is 5.99. The van der Waals surface area contributed by atoms with Gasteiger partial charge in [0, 0.05) is 16.0 Å². The Labute approximate surface area is 164 Å². The average molecular weight is 408 g/mol. The maximum absolute atomic E-state index is 12.7. The third kappa shape index (κ3) is 4.12. The van der Waals surface area contributed by atoms with E-state index in [1.54, 1.807) is 0 Å². The first-order valence-electron chi connectivity index (χ1n) is 8.58. The lowest BCUT2D eigenvalue weighted by atomic mass is 9.96. The van der Waals surface area contributed by atoms with Gasteiger partial charge in [0.1, 0.15) is 10.6 Å². The van der Waals surface area contributed by atoms with Crippen LogP contribution >= 0.6 is 22.9 Å². The molecule has 1 heterocycles. The van der Waals surface area contributed by atoms with E-state index < -0.39 is 22.4 Å². The van der Waals surface area contributed by atoms with E-state index in [9.17, 15) is 19.7 Å². The van der Waals surface area contributed by atoms with Gasteiger partial charge in [-0.05, 0) is 43.4 Å². The number of nitro groups is 1. The summed E-state index contributed by atoms with van der Waals surface area (Å²) in [5, 5.41) is 14.4.